The topological polar surface area (TPSA) is 69.6 Å². The Hall–Kier alpha value is -2.04. The van der Waals surface area contributed by atoms with Crippen molar-refractivity contribution >= 4 is 12.0 Å². The van der Waals surface area contributed by atoms with Crippen LogP contribution in [0.15, 0.2) is 24.3 Å². The van der Waals surface area contributed by atoms with Gasteiger partial charge in [0.05, 0.1) is 6.42 Å². The van der Waals surface area contributed by atoms with Crippen molar-refractivity contribution in [3.63, 3.8) is 0 Å². The molecule has 1 aromatic carbocycles. The Morgan fingerprint density at radius 2 is 1.83 bits per heavy atom. The van der Waals surface area contributed by atoms with Crippen LogP contribution >= 0.6 is 0 Å². The highest BCUT2D eigenvalue weighted by Crippen LogP contribution is 2.32. The molecule has 5 heteroatoms. The molecule has 1 saturated carbocycles. The van der Waals surface area contributed by atoms with Gasteiger partial charge in [-0.25, -0.2) is 4.79 Å². The summed E-state index contributed by atoms with van der Waals surface area (Å²) in [4.78, 5) is 23.8. The van der Waals surface area contributed by atoms with Gasteiger partial charge in [0.2, 0.25) is 0 Å². The molecule has 0 saturated heterocycles. The van der Waals surface area contributed by atoms with Crippen molar-refractivity contribution in [3.8, 4) is 0 Å². The number of urea groups is 1. The molecule has 0 spiro atoms. The van der Waals surface area contributed by atoms with Gasteiger partial charge in [-0.1, -0.05) is 43.5 Å². The Labute approximate surface area is 137 Å². The average molecular weight is 318 g/mol. The van der Waals surface area contributed by atoms with Crippen molar-refractivity contribution in [1.82, 2.24) is 10.2 Å². The molecule has 0 atom stereocenters. The zero-order chi connectivity index (χ0) is 16.7. The minimum Gasteiger partial charge on any atom is -0.481 e. The number of nitrogens with one attached hydrogen (secondary N) is 1. The maximum Gasteiger partial charge on any atom is 0.317 e. The number of amides is 2. The summed E-state index contributed by atoms with van der Waals surface area (Å²) in [5.41, 5.74) is 2.46. The van der Waals surface area contributed by atoms with Gasteiger partial charge in [0.1, 0.15) is 0 Å². The maximum absolute atomic E-state index is 11.9. The predicted octanol–water partition coefficient (Wildman–Crippen LogP) is 3.35. The van der Waals surface area contributed by atoms with Gasteiger partial charge in [0, 0.05) is 20.1 Å². The van der Waals surface area contributed by atoms with Gasteiger partial charge < -0.3 is 15.3 Å². The SMILES string of the molecule is CN(CCC(=O)O)C(=O)NCc1ccc(C2CCCCC2)cc1. The third-order valence-electron chi connectivity index (χ3n) is 4.51. The molecule has 0 aliphatic heterocycles. The molecule has 126 valence electrons. The lowest BCUT2D eigenvalue weighted by Crippen LogP contribution is -2.37. The molecular formula is C18H26N2O3. The maximum atomic E-state index is 11.9. The number of carbonyl (C=O) groups excluding carboxylic acids is 1. The van der Waals surface area contributed by atoms with Gasteiger partial charge in [-0.15, -0.1) is 0 Å². The largest absolute Gasteiger partial charge is 0.481 e. The predicted molar refractivity (Wildman–Crippen MR) is 89.4 cm³/mol. The smallest absolute Gasteiger partial charge is 0.317 e. The van der Waals surface area contributed by atoms with E-state index in [1.807, 2.05) is 0 Å². The second-order valence-electron chi connectivity index (χ2n) is 6.30. The molecule has 5 nitrogen and oxygen atoms in total. The first kappa shape index (κ1) is 17.3. The third kappa shape index (κ3) is 5.58. The van der Waals surface area contributed by atoms with Crippen LogP contribution in [0.5, 0.6) is 0 Å². The monoisotopic (exact) mass is 318 g/mol. The van der Waals surface area contributed by atoms with E-state index < -0.39 is 5.97 Å². The van der Waals surface area contributed by atoms with Crippen LogP contribution in [-0.2, 0) is 11.3 Å². The molecule has 1 fully saturated rings. The van der Waals surface area contributed by atoms with Crippen molar-refractivity contribution in [2.24, 2.45) is 0 Å². The molecule has 1 aromatic rings. The van der Waals surface area contributed by atoms with E-state index in [1.54, 1.807) is 7.05 Å². The van der Waals surface area contributed by atoms with Crippen LogP contribution in [0.25, 0.3) is 0 Å². The Kier molecular flexibility index (Phi) is 6.44. The minimum absolute atomic E-state index is 0.0417. The number of hydrogen-bond donors (Lipinski definition) is 2. The molecule has 1 aliphatic carbocycles. The Bertz CT molecular complexity index is 522. The minimum atomic E-state index is -0.900. The highest BCUT2D eigenvalue weighted by atomic mass is 16.4. The summed E-state index contributed by atoms with van der Waals surface area (Å²) in [5.74, 6) is -0.211. The fraction of sp³-hybridized carbons (Fsp3) is 0.556. The van der Waals surface area contributed by atoms with Gasteiger partial charge in [-0.05, 0) is 29.9 Å². The highest BCUT2D eigenvalue weighted by Gasteiger charge is 2.15. The number of carboxylic acids is 1. The van der Waals surface area contributed by atoms with E-state index in [4.69, 9.17) is 5.11 Å². The van der Waals surface area contributed by atoms with Crippen molar-refractivity contribution < 1.29 is 14.7 Å². The number of hydrogen-bond acceptors (Lipinski definition) is 2. The van der Waals surface area contributed by atoms with E-state index in [0.717, 1.165) is 5.56 Å². The van der Waals surface area contributed by atoms with E-state index >= 15 is 0 Å². The third-order valence-corrected chi connectivity index (χ3v) is 4.51. The van der Waals surface area contributed by atoms with Crippen LogP contribution < -0.4 is 5.32 Å². The van der Waals surface area contributed by atoms with E-state index in [1.165, 1.54) is 42.6 Å². The van der Waals surface area contributed by atoms with Crippen LogP contribution in [0.4, 0.5) is 4.79 Å². The number of carbonyl (C=O) groups is 2. The first-order valence-corrected chi connectivity index (χ1v) is 8.36. The molecule has 1 aliphatic rings. The first-order valence-electron chi connectivity index (χ1n) is 8.36. The highest BCUT2D eigenvalue weighted by molar-refractivity contribution is 5.75. The van der Waals surface area contributed by atoms with E-state index in [0.29, 0.717) is 12.5 Å². The second kappa shape index (κ2) is 8.56. The van der Waals surface area contributed by atoms with Crippen molar-refractivity contribution in [1.29, 1.82) is 0 Å². The van der Waals surface area contributed by atoms with Gasteiger partial charge in [0.15, 0.2) is 0 Å². The zero-order valence-electron chi connectivity index (χ0n) is 13.8. The summed E-state index contributed by atoms with van der Waals surface area (Å²) >= 11 is 0. The lowest BCUT2D eigenvalue weighted by molar-refractivity contribution is -0.137. The van der Waals surface area contributed by atoms with Crippen LogP contribution in [-0.4, -0.2) is 35.6 Å². The lowest BCUT2D eigenvalue weighted by atomic mass is 9.84. The summed E-state index contributed by atoms with van der Waals surface area (Å²) in [6.07, 6.45) is 6.53. The average Bonchev–Trinajstić information content (AvgIpc) is 2.58. The fourth-order valence-corrected chi connectivity index (χ4v) is 3.02. The zero-order valence-corrected chi connectivity index (χ0v) is 13.8. The number of aliphatic carboxylic acids is 1. The van der Waals surface area contributed by atoms with Gasteiger partial charge in [0.25, 0.3) is 0 Å². The normalized spacial score (nSPS) is 15.2. The molecule has 2 N–H and O–H groups in total. The summed E-state index contributed by atoms with van der Waals surface area (Å²) < 4.78 is 0. The quantitative estimate of drug-likeness (QED) is 0.845. The summed E-state index contributed by atoms with van der Waals surface area (Å²) in [6, 6.07) is 8.24. The Morgan fingerprint density at radius 1 is 1.17 bits per heavy atom. The van der Waals surface area contributed by atoms with Crippen molar-refractivity contribution in [2.45, 2.75) is 51.0 Å². The number of benzene rings is 1. The molecular weight excluding hydrogens is 292 g/mol. The Balaban J connectivity index is 1.79. The van der Waals surface area contributed by atoms with E-state index in [2.05, 4.69) is 29.6 Å². The molecule has 0 aromatic heterocycles. The molecule has 23 heavy (non-hydrogen) atoms. The Morgan fingerprint density at radius 3 is 2.43 bits per heavy atom. The summed E-state index contributed by atoms with van der Waals surface area (Å²) in [5, 5.41) is 11.4. The summed E-state index contributed by atoms with van der Waals surface area (Å²) in [6.45, 7) is 0.670. The van der Waals surface area contributed by atoms with Crippen LogP contribution in [0.1, 0.15) is 55.6 Å². The molecule has 0 unspecified atom stereocenters. The summed E-state index contributed by atoms with van der Waals surface area (Å²) in [7, 11) is 1.60. The number of rotatable bonds is 6. The number of carboxylic acid groups (broad SMARTS) is 1. The fourth-order valence-electron chi connectivity index (χ4n) is 3.02. The van der Waals surface area contributed by atoms with Gasteiger partial charge >= 0.3 is 12.0 Å². The van der Waals surface area contributed by atoms with E-state index in [9.17, 15) is 9.59 Å². The van der Waals surface area contributed by atoms with Crippen molar-refractivity contribution in [3.05, 3.63) is 35.4 Å². The van der Waals surface area contributed by atoms with Gasteiger partial charge in [-0.2, -0.15) is 0 Å². The molecule has 0 radical (unpaired) electrons. The molecule has 0 heterocycles. The van der Waals surface area contributed by atoms with E-state index in [-0.39, 0.29) is 19.0 Å². The standard InChI is InChI=1S/C18H26N2O3/c1-20(12-11-17(21)22)18(23)19-13-14-7-9-16(10-8-14)15-5-3-2-4-6-15/h7-10,15H,2-6,11-13H2,1H3,(H,19,23)(H,21,22). The van der Waals surface area contributed by atoms with Crippen molar-refractivity contribution in [2.75, 3.05) is 13.6 Å². The molecule has 0 bridgehead atoms. The van der Waals surface area contributed by atoms with Crippen LogP contribution in [0.2, 0.25) is 0 Å². The van der Waals surface area contributed by atoms with Crippen LogP contribution in [0.3, 0.4) is 0 Å². The number of nitrogens with zero attached hydrogens (tertiary/aromatic N) is 1. The van der Waals surface area contributed by atoms with Gasteiger partial charge in [-0.3, -0.25) is 4.79 Å². The van der Waals surface area contributed by atoms with Crippen LogP contribution in [0, 0.1) is 0 Å². The molecule has 2 amide bonds. The second-order valence-corrected chi connectivity index (χ2v) is 6.30. The first-order chi connectivity index (χ1) is 11.1. The lowest BCUT2D eigenvalue weighted by Gasteiger charge is -2.22. The molecule has 2 rings (SSSR count).